The molecule has 1 aliphatic rings. The summed E-state index contributed by atoms with van der Waals surface area (Å²) in [6.07, 6.45) is 4.16. The fourth-order valence-corrected chi connectivity index (χ4v) is 1.77. The molecule has 0 bridgehead atoms. The van der Waals surface area contributed by atoms with Crippen molar-refractivity contribution in [1.29, 1.82) is 0 Å². The molecule has 2 atom stereocenters. The number of aliphatic hydroxyl groups is 1. The molecule has 1 saturated carbocycles. The summed E-state index contributed by atoms with van der Waals surface area (Å²) in [6, 6.07) is 0. The van der Waals surface area contributed by atoms with E-state index >= 15 is 0 Å². The van der Waals surface area contributed by atoms with Crippen LogP contribution in [0.3, 0.4) is 0 Å². The Hall–Kier alpha value is 0.650. The molecule has 0 aliphatic heterocycles. The highest BCUT2D eigenvalue weighted by molar-refractivity contribution is 14.1. The van der Waals surface area contributed by atoms with Crippen LogP contribution in [0.25, 0.3) is 0 Å². The predicted octanol–water partition coefficient (Wildman–Crippen LogP) is 1.66. The third-order valence-corrected chi connectivity index (χ3v) is 2.44. The molecule has 9 heavy (non-hydrogen) atoms. The van der Waals surface area contributed by atoms with Gasteiger partial charge in [0.15, 0.2) is 0 Å². The molecule has 1 rings (SSSR count). The number of hydrogen-bond donors (Lipinski definition) is 1. The number of halogens is 1. The molecule has 1 N–H and O–H groups in total. The zero-order valence-corrected chi connectivity index (χ0v) is 7.37. The van der Waals surface area contributed by atoms with E-state index in [0.29, 0.717) is 0 Å². The average Bonchev–Trinajstić information content (AvgIpc) is 1.89. The fraction of sp³-hybridized carbons (Fsp3) is 1.00. The molecule has 0 aromatic carbocycles. The van der Waals surface area contributed by atoms with E-state index in [1.165, 1.54) is 6.42 Å². The molecule has 2 nitrogen and oxygen atoms in total. The average molecular weight is 242 g/mol. The maximum atomic E-state index is 9.24. The molecule has 0 spiro atoms. The third-order valence-electron chi connectivity index (χ3n) is 1.78. The van der Waals surface area contributed by atoms with E-state index < -0.39 is 0 Å². The first-order valence-electron chi connectivity index (χ1n) is 3.30. The minimum absolute atomic E-state index is 0.0966. The van der Waals surface area contributed by atoms with E-state index in [1.54, 1.807) is 0 Å². The van der Waals surface area contributed by atoms with Crippen molar-refractivity contribution >= 4 is 23.0 Å². The Kier molecular flexibility index (Phi) is 3.21. The Balaban J connectivity index is 2.30. The molecule has 0 radical (unpaired) electrons. The van der Waals surface area contributed by atoms with Crippen molar-refractivity contribution in [2.45, 2.75) is 37.9 Å². The van der Waals surface area contributed by atoms with Crippen molar-refractivity contribution in [2.24, 2.45) is 0 Å². The van der Waals surface area contributed by atoms with Gasteiger partial charge in [-0.2, -0.15) is 0 Å². The second-order valence-corrected chi connectivity index (χ2v) is 2.99. The van der Waals surface area contributed by atoms with Crippen molar-refractivity contribution in [1.82, 2.24) is 0 Å². The summed E-state index contributed by atoms with van der Waals surface area (Å²) >= 11 is 1.86. The van der Waals surface area contributed by atoms with Crippen LogP contribution in [0.1, 0.15) is 25.7 Å². The molecule has 0 heterocycles. The van der Waals surface area contributed by atoms with Crippen LogP contribution in [-0.2, 0) is 3.07 Å². The van der Waals surface area contributed by atoms with Gasteiger partial charge in [-0.3, -0.25) is 0 Å². The molecule has 54 valence electrons. The number of hydrogen-bond acceptors (Lipinski definition) is 2. The molecule has 0 unspecified atom stereocenters. The molecular formula is C6H11IO2. The number of aliphatic hydroxyl groups excluding tert-OH is 1. The largest absolute Gasteiger partial charge is 0.390 e. The van der Waals surface area contributed by atoms with Crippen molar-refractivity contribution < 1.29 is 8.17 Å². The summed E-state index contributed by atoms with van der Waals surface area (Å²) in [4.78, 5) is 0. The Bertz CT molecular complexity index is 87.1. The Morgan fingerprint density at radius 2 is 2.00 bits per heavy atom. The van der Waals surface area contributed by atoms with Crippen LogP contribution in [0.2, 0.25) is 0 Å². The molecule has 0 aromatic rings. The lowest BCUT2D eigenvalue weighted by molar-refractivity contribution is 0.0302. The van der Waals surface area contributed by atoms with E-state index in [4.69, 9.17) is 3.07 Å². The Morgan fingerprint density at radius 3 is 2.44 bits per heavy atom. The van der Waals surface area contributed by atoms with Gasteiger partial charge in [0.05, 0.1) is 12.2 Å². The van der Waals surface area contributed by atoms with Gasteiger partial charge in [-0.05, 0) is 12.8 Å². The molecule has 3 heteroatoms. The van der Waals surface area contributed by atoms with E-state index in [9.17, 15) is 5.11 Å². The van der Waals surface area contributed by atoms with Gasteiger partial charge in [0.2, 0.25) is 0 Å². The highest BCUT2D eigenvalue weighted by Crippen LogP contribution is 2.22. The van der Waals surface area contributed by atoms with Crippen LogP contribution in [0, 0.1) is 0 Å². The lowest BCUT2D eigenvalue weighted by Gasteiger charge is -2.24. The zero-order chi connectivity index (χ0) is 6.69. The minimum atomic E-state index is -0.212. The molecule has 1 aliphatic carbocycles. The summed E-state index contributed by atoms with van der Waals surface area (Å²) < 4.78 is 5.02. The molecule has 0 amide bonds. The molecule has 1 fully saturated rings. The molecular weight excluding hydrogens is 231 g/mol. The van der Waals surface area contributed by atoms with Crippen molar-refractivity contribution in [3.05, 3.63) is 0 Å². The lowest BCUT2D eigenvalue weighted by atomic mass is 9.95. The van der Waals surface area contributed by atoms with Crippen molar-refractivity contribution in [3.8, 4) is 0 Å². The van der Waals surface area contributed by atoms with Crippen LogP contribution < -0.4 is 0 Å². The highest BCUT2D eigenvalue weighted by atomic mass is 127. The Morgan fingerprint density at radius 1 is 1.33 bits per heavy atom. The SMILES string of the molecule is O[C@H]1CCCC[C@H]1OI. The quantitative estimate of drug-likeness (QED) is 0.708. The van der Waals surface area contributed by atoms with Crippen LogP contribution in [0.5, 0.6) is 0 Å². The van der Waals surface area contributed by atoms with Crippen LogP contribution >= 0.6 is 23.0 Å². The van der Waals surface area contributed by atoms with Crippen LogP contribution in [0.15, 0.2) is 0 Å². The predicted molar refractivity (Wildman–Crippen MR) is 43.4 cm³/mol. The lowest BCUT2D eigenvalue weighted by Crippen LogP contribution is -2.29. The topological polar surface area (TPSA) is 29.5 Å². The Labute approximate surface area is 69.3 Å². The van der Waals surface area contributed by atoms with Crippen LogP contribution in [0.4, 0.5) is 0 Å². The van der Waals surface area contributed by atoms with Gasteiger partial charge in [0.25, 0.3) is 0 Å². The van der Waals surface area contributed by atoms with Gasteiger partial charge in [-0.25, -0.2) is 0 Å². The fourth-order valence-electron chi connectivity index (χ4n) is 1.18. The molecule has 0 aromatic heterocycles. The maximum Gasteiger partial charge on any atom is 0.110 e. The summed E-state index contributed by atoms with van der Waals surface area (Å²) in [6.45, 7) is 0. The standard InChI is InChI=1S/C6H11IO2/c7-9-6-4-2-1-3-5(6)8/h5-6,8H,1-4H2/t5-,6+/m0/s1. The second-order valence-electron chi connectivity index (χ2n) is 2.48. The summed E-state index contributed by atoms with van der Waals surface area (Å²) in [5, 5.41) is 9.24. The summed E-state index contributed by atoms with van der Waals surface area (Å²) in [5.74, 6) is 0. The maximum absolute atomic E-state index is 9.24. The number of rotatable bonds is 1. The minimum Gasteiger partial charge on any atom is -0.390 e. The van der Waals surface area contributed by atoms with E-state index in [0.717, 1.165) is 19.3 Å². The second kappa shape index (κ2) is 3.73. The third kappa shape index (κ3) is 2.05. The monoisotopic (exact) mass is 242 g/mol. The first kappa shape index (κ1) is 7.75. The summed E-state index contributed by atoms with van der Waals surface area (Å²) in [5.41, 5.74) is 0. The normalized spacial score (nSPS) is 36.7. The van der Waals surface area contributed by atoms with E-state index in [2.05, 4.69) is 0 Å². The van der Waals surface area contributed by atoms with Crippen molar-refractivity contribution in [2.75, 3.05) is 0 Å². The smallest absolute Gasteiger partial charge is 0.110 e. The summed E-state index contributed by atoms with van der Waals surface area (Å²) in [7, 11) is 0. The highest BCUT2D eigenvalue weighted by Gasteiger charge is 2.22. The van der Waals surface area contributed by atoms with Crippen LogP contribution in [-0.4, -0.2) is 17.3 Å². The van der Waals surface area contributed by atoms with E-state index in [1.807, 2.05) is 23.0 Å². The van der Waals surface area contributed by atoms with Gasteiger partial charge in [0.1, 0.15) is 23.0 Å². The first-order valence-corrected chi connectivity index (χ1v) is 4.18. The van der Waals surface area contributed by atoms with E-state index in [-0.39, 0.29) is 12.2 Å². The zero-order valence-electron chi connectivity index (χ0n) is 5.22. The van der Waals surface area contributed by atoms with Gasteiger partial charge >= 0.3 is 0 Å². The van der Waals surface area contributed by atoms with Gasteiger partial charge < -0.3 is 8.17 Å². The molecule has 0 saturated heterocycles. The van der Waals surface area contributed by atoms with Gasteiger partial charge in [0, 0.05) is 0 Å². The first-order chi connectivity index (χ1) is 4.34. The van der Waals surface area contributed by atoms with Crippen molar-refractivity contribution in [3.63, 3.8) is 0 Å². The van der Waals surface area contributed by atoms with Gasteiger partial charge in [-0.1, -0.05) is 12.8 Å². The van der Waals surface area contributed by atoms with Gasteiger partial charge in [-0.15, -0.1) is 0 Å².